The topological polar surface area (TPSA) is 90.9 Å². The number of hydrogen-bond acceptors (Lipinski definition) is 5. The van der Waals surface area contributed by atoms with Crippen LogP contribution in [0.5, 0.6) is 0 Å². The first-order chi connectivity index (χ1) is 9.45. The molecule has 0 bridgehead atoms. The molecule has 0 radical (unpaired) electrons. The number of aryl methyl sites for hydroxylation is 1. The lowest BCUT2D eigenvalue weighted by Crippen LogP contribution is -2.32. The summed E-state index contributed by atoms with van der Waals surface area (Å²) in [7, 11) is -3.23. The number of benzene rings is 1. The van der Waals surface area contributed by atoms with Crippen molar-refractivity contribution in [1.82, 2.24) is 14.8 Å². The van der Waals surface area contributed by atoms with Crippen LogP contribution in [0, 0.1) is 0 Å². The van der Waals surface area contributed by atoms with Crippen LogP contribution < -0.4 is 5.73 Å². The van der Waals surface area contributed by atoms with Crippen molar-refractivity contribution >= 4 is 9.84 Å². The van der Waals surface area contributed by atoms with Gasteiger partial charge in [0.05, 0.1) is 4.90 Å². The van der Waals surface area contributed by atoms with E-state index in [1.165, 1.54) is 6.26 Å². The number of nitrogens with two attached hydrogens (primary N) is 1. The molecule has 1 unspecified atom stereocenters. The number of hydrogen-bond donors (Lipinski definition) is 1. The highest BCUT2D eigenvalue weighted by Gasteiger charge is 2.21. The van der Waals surface area contributed by atoms with Gasteiger partial charge >= 0.3 is 0 Å². The van der Waals surface area contributed by atoms with Crippen LogP contribution in [0.25, 0.3) is 11.4 Å². The maximum absolute atomic E-state index is 11.6. The maximum Gasteiger partial charge on any atom is 0.175 e. The maximum atomic E-state index is 11.6. The normalized spacial score (nSPS) is 18.8. The van der Waals surface area contributed by atoms with Crippen LogP contribution in [-0.4, -0.2) is 35.5 Å². The van der Waals surface area contributed by atoms with E-state index in [4.69, 9.17) is 5.73 Å². The molecule has 1 aromatic heterocycles. The molecule has 3 rings (SSSR count). The van der Waals surface area contributed by atoms with E-state index in [-0.39, 0.29) is 10.9 Å². The van der Waals surface area contributed by atoms with Gasteiger partial charge in [0, 0.05) is 30.8 Å². The third kappa shape index (κ3) is 2.34. The molecule has 1 aromatic carbocycles. The van der Waals surface area contributed by atoms with Crippen LogP contribution in [0.4, 0.5) is 0 Å². The Hall–Kier alpha value is -1.73. The summed E-state index contributed by atoms with van der Waals surface area (Å²) in [5.74, 6) is 1.59. The molecule has 0 aliphatic carbocycles. The standard InChI is InChI=1S/C13H16N4O2S/c1-20(18,19)11-4-2-3-9(7-11)13-16-15-12-6-5-10(14)8-17(12)13/h2-4,7,10H,5-6,8,14H2,1H3. The van der Waals surface area contributed by atoms with Crippen LogP contribution in [-0.2, 0) is 22.8 Å². The number of rotatable bonds is 2. The Labute approximate surface area is 117 Å². The minimum atomic E-state index is -3.23. The first-order valence-corrected chi connectivity index (χ1v) is 8.32. The summed E-state index contributed by atoms with van der Waals surface area (Å²) in [6.45, 7) is 0.667. The Morgan fingerprint density at radius 2 is 2.15 bits per heavy atom. The van der Waals surface area contributed by atoms with Crippen molar-refractivity contribution in [3.63, 3.8) is 0 Å². The van der Waals surface area contributed by atoms with Gasteiger partial charge in [0.1, 0.15) is 5.82 Å². The number of fused-ring (bicyclic) bond motifs is 1. The molecule has 20 heavy (non-hydrogen) atoms. The van der Waals surface area contributed by atoms with Crippen LogP contribution in [0.15, 0.2) is 29.2 Å². The molecular weight excluding hydrogens is 276 g/mol. The SMILES string of the molecule is CS(=O)(=O)c1cccc(-c2nnc3n2CC(N)CC3)c1. The van der Waals surface area contributed by atoms with E-state index in [1.807, 2.05) is 10.6 Å². The molecule has 1 atom stereocenters. The monoisotopic (exact) mass is 292 g/mol. The third-order valence-corrected chi connectivity index (χ3v) is 4.61. The van der Waals surface area contributed by atoms with Crippen LogP contribution >= 0.6 is 0 Å². The van der Waals surface area contributed by atoms with Crippen molar-refractivity contribution in [3.8, 4) is 11.4 Å². The molecule has 106 valence electrons. The molecule has 2 aromatic rings. The van der Waals surface area contributed by atoms with Gasteiger partial charge in [0.2, 0.25) is 0 Å². The van der Waals surface area contributed by atoms with E-state index in [9.17, 15) is 8.42 Å². The van der Waals surface area contributed by atoms with Gasteiger partial charge in [-0.15, -0.1) is 10.2 Å². The molecular formula is C13H16N4O2S. The summed E-state index contributed by atoms with van der Waals surface area (Å²) in [5.41, 5.74) is 6.73. The van der Waals surface area contributed by atoms with Crippen LogP contribution in [0.3, 0.4) is 0 Å². The number of sulfone groups is 1. The fourth-order valence-corrected chi connectivity index (χ4v) is 3.10. The van der Waals surface area contributed by atoms with E-state index in [0.29, 0.717) is 12.4 Å². The highest BCUT2D eigenvalue weighted by molar-refractivity contribution is 7.90. The Morgan fingerprint density at radius 1 is 1.35 bits per heavy atom. The molecule has 7 heteroatoms. The zero-order chi connectivity index (χ0) is 14.3. The highest BCUT2D eigenvalue weighted by Crippen LogP contribution is 2.24. The summed E-state index contributed by atoms with van der Waals surface area (Å²) < 4.78 is 25.2. The van der Waals surface area contributed by atoms with Gasteiger partial charge in [0.25, 0.3) is 0 Å². The van der Waals surface area contributed by atoms with Gasteiger partial charge < -0.3 is 10.3 Å². The van der Waals surface area contributed by atoms with E-state index in [0.717, 1.165) is 24.2 Å². The first kappa shape index (κ1) is 13.3. The Balaban J connectivity index is 2.09. The lowest BCUT2D eigenvalue weighted by atomic mass is 10.1. The average Bonchev–Trinajstić information content (AvgIpc) is 2.81. The van der Waals surface area contributed by atoms with Gasteiger partial charge in [-0.1, -0.05) is 12.1 Å². The third-order valence-electron chi connectivity index (χ3n) is 3.50. The molecule has 2 heterocycles. The van der Waals surface area contributed by atoms with Crippen molar-refractivity contribution in [1.29, 1.82) is 0 Å². The Kier molecular flexibility index (Phi) is 3.10. The molecule has 1 aliphatic rings. The molecule has 1 aliphatic heterocycles. The van der Waals surface area contributed by atoms with E-state index in [1.54, 1.807) is 18.2 Å². The zero-order valence-corrected chi connectivity index (χ0v) is 12.0. The van der Waals surface area contributed by atoms with Crippen molar-refractivity contribution in [2.24, 2.45) is 5.73 Å². The van der Waals surface area contributed by atoms with Crippen molar-refractivity contribution < 1.29 is 8.42 Å². The molecule has 0 spiro atoms. The fraction of sp³-hybridized carbons (Fsp3) is 0.385. The predicted octanol–water partition coefficient (Wildman–Crippen LogP) is 0.622. The molecule has 0 saturated carbocycles. The summed E-state index contributed by atoms with van der Waals surface area (Å²) in [6.07, 6.45) is 2.91. The van der Waals surface area contributed by atoms with Gasteiger partial charge in [0.15, 0.2) is 15.7 Å². The van der Waals surface area contributed by atoms with Crippen LogP contribution in [0.1, 0.15) is 12.2 Å². The number of aromatic nitrogens is 3. The van der Waals surface area contributed by atoms with Crippen molar-refractivity contribution in [3.05, 3.63) is 30.1 Å². The van der Waals surface area contributed by atoms with Gasteiger partial charge in [-0.25, -0.2) is 8.42 Å². The van der Waals surface area contributed by atoms with Crippen molar-refractivity contribution in [2.75, 3.05) is 6.26 Å². The van der Waals surface area contributed by atoms with E-state index >= 15 is 0 Å². The highest BCUT2D eigenvalue weighted by atomic mass is 32.2. The summed E-state index contributed by atoms with van der Waals surface area (Å²) >= 11 is 0. The quantitative estimate of drug-likeness (QED) is 0.876. The van der Waals surface area contributed by atoms with Gasteiger partial charge in [-0.3, -0.25) is 0 Å². The lowest BCUT2D eigenvalue weighted by Gasteiger charge is -2.20. The fourth-order valence-electron chi connectivity index (χ4n) is 2.43. The summed E-state index contributed by atoms with van der Waals surface area (Å²) in [6, 6.07) is 6.86. The molecule has 0 amide bonds. The first-order valence-electron chi connectivity index (χ1n) is 6.43. The number of nitrogens with zero attached hydrogens (tertiary/aromatic N) is 3. The van der Waals surface area contributed by atoms with Crippen molar-refractivity contribution in [2.45, 2.75) is 30.3 Å². The Morgan fingerprint density at radius 3 is 2.90 bits per heavy atom. The summed E-state index contributed by atoms with van der Waals surface area (Å²) in [4.78, 5) is 0.285. The van der Waals surface area contributed by atoms with Crippen LogP contribution in [0.2, 0.25) is 0 Å². The van der Waals surface area contributed by atoms with E-state index < -0.39 is 9.84 Å². The molecule has 2 N–H and O–H groups in total. The lowest BCUT2D eigenvalue weighted by molar-refractivity contribution is 0.456. The molecule has 0 fully saturated rings. The van der Waals surface area contributed by atoms with E-state index in [2.05, 4.69) is 10.2 Å². The van der Waals surface area contributed by atoms with Gasteiger partial charge in [-0.2, -0.15) is 0 Å². The second-order valence-electron chi connectivity index (χ2n) is 5.15. The second-order valence-corrected chi connectivity index (χ2v) is 7.16. The predicted molar refractivity (Wildman–Crippen MR) is 74.9 cm³/mol. The second kappa shape index (κ2) is 4.68. The van der Waals surface area contributed by atoms with Gasteiger partial charge in [-0.05, 0) is 18.6 Å². The minimum absolute atomic E-state index is 0.0929. The zero-order valence-electron chi connectivity index (χ0n) is 11.2. The minimum Gasteiger partial charge on any atom is -0.326 e. The molecule has 0 saturated heterocycles. The Bertz CT molecular complexity index is 751. The molecule has 6 nitrogen and oxygen atoms in total. The average molecular weight is 292 g/mol. The smallest absolute Gasteiger partial charge is 0.175 e. The largest absolute Gasteiger partial charge is 0.326 e. The summed E-state index contributed by atoms with van der Waals surface area (Å²) in [5, 5.41) is 8.36.